The number of methoxy groups -OCH3 is 1. The van der Waals surface area contributed by atoms with E-state index in [4.69, 9.17) is 13.9 Å². The standard InChI is InChI=1S/C16H19NO5/c1-3-21-8-4-7-17-16(19)15-10-13(18)12-6-5-11(20-2)9-14(12)22-15/h5-6,9-10H,3-4,7-8H2,1-2H3,(H,17,19). The molecular weight excluding hydrogens is 286 g/mol. The van der Waals surface area contributed by atoms with Gasteiger partial charge in [-0.05, 0) is 25.5 Å². The van der Waals surface area contributed by atoms with Crippen LogP contribution in [0.5, 0.6) is 5.75 Å². The van der Waals surface area contributed by atoms with E-state index >= 15 is 0 Å². The average molecular weight is 305 g/mol. The highest BCUT2D eigenvalue weighted by atomic mass is 16.5. The molecule has 1 aromatic carbocycles. The van der Waals surface area contributed by atoms with Crippen LogP contribution in [0.1, 0.15) is 23.9 Å². The van der Waals surface area contributed by atoms with E-state index in [1.165, 1.54) is 13.2 Å². The van der Waals surface area contributed by atoms with Gasteiger partial charge in [-0.15, -0.1) is 0 Å². The molecule has 0 radical (unpaired) electrons. The largest absolute Gasteiger partial charge is 0.497 e. The fourth-order valence-electron chi connectivity index (χ4n) is 1.98. The van der Waals surface area contributed by atoms with Gasteiger partial charge in [0, 0.05) is 31.9 Å². The minimum atomic E-state index is -0.418. The molecular formula is C16H19NO5. The summed E-state index contributed by atoms with van der Waals surface area (Å²) in [6.45, 7) is 3.60. The topological polar surface area (TPSA) is 77.8 Å². The number of amides is 1. The number of hydrogen-bond acceptors (Lipinski definition) is 5. The molecule has 0 aliphatic carbocycles. The van der Waals surface area contributed by atoms with E-state index in [9.17, 15) is 9.59 Å². The van der Waals surface area contributed by atoms with E-state index in [1.54, 1.807) is 18.2 Å². The molecule has 0 bridgehead atoms. The van der Waals surface area contributed by atoms with Crippen LogP contribution in [0.2, 0.25) is 0 Å². The van der Waals surface area contributed by atoms with Crippen LogP contribution in [-0.4, -0.2) is 32.8 Å². The predicted molar refractivity (Wildman–Crippen MR) is 82.5 cm³/mol. The molecule has 2 rings (SSSR count). The van der Waals surface area contributed by atoms with Crippen molar-refractivity contribution in [1.82, 2.24) is 5.32 Å². The molecule has 2 aromatic rings. The molecule has 0 unspecified atom stereocenters. The smallest absolute Gasteiger partial charge is 0.287 e. The van der Waals surface area contributed by atoms with Crippen molar-refractivity contribution in [3.63, 3.8) is 0 Å². The highest BCUT2D eigenvalue weighted by Gasteiger charge is 2.12. The van der Waals surface area contributed by atoms with Gasteiger partial charge in [0.1, 0.15) is 11.3 Å². The molecule has 118 valence electrons. The summed E-state index contributed by atoms with van der Waals surface area (Å²) in [4.78, 5) is 24.0. The van der Waals surface area contributed by atoms with E-state index < -0.39 is 5.91 Å². The molecule has 0 aliphatic heterocycles. The van der Waals surface area contributed by atoms with E-state index in [-0.39, 0.29) is 11.2 Å². The Hall–Kier alpha value is -2.34. The Kier molecular flexibility index (Phi) is 5.55. The van der Waals surface area contributed by atoms with Crippen LogP contribution in [0.4, 0.5) is 0 Å². The van der Waals surface area contributed by atoms with Crippen molar-refractivity contribution in [2.45, 2.75) is 13.3 Å². The van der Waals surface area contributed by atoms with E-state index in [2.05, 4.69) is 5.32 Å². The monoisotopic (exact) mass is 305 g/mol. The normalized spacial score (nSPS) is 10.6. The summed E-state index contributed by atoms with van der Waals surface area (Å²) in [7, 11) is 1.52. The lowest BCUT2D eigenvalue weighted by Gasteiger charge is -2.06. The Morgan fingerprint density at radius 1 is 1.32 bits per heavy atom. The zero-order valence-electron chi connectivity index (χ0n) is 12.7. The summed E-state index contributed by atoms with van der Waals surface area (Å²) < 4.78 is 15.8. The Morgan fingerprint density at radius 3 is 2.86 bits per heavy atom. The van der Waals surface area contributed by atoms with E-state index in [0.717, 1.165) is 0 Å². The third kappa shape index (κ3) is 3.85. The summed E-state index contributed by atoms with van der Waals surface area (Å²) in [6, 6.07) is 6.08. The van der Waals surface area contributed by atoms with Gasteiger partial charge < -0.3 is 19.2 Å². The number of carbonyl (C=O) groups excluding carboxylic acids is 1. The Labute approximate surface area is 128 Å². The number of nitrogens with one attached hydrogen (secondary N) is 1. The lowest BCUT2D eigenvalue weighted by Crippen LogP contribution is -2.26. The number of ether oxygens (including phenoxy) is 2. The predicted octanol–water partition coefficient (Wildman–Crippen LogP) is 1.96. The molecule has 6 nitrogen and oxygen atoms in total. The first-order chi connectivity index (χ1) is 10.7. The van der Waals surface area contributed by atoms with Crippen LogP contribution in [0.25, 0.3) is 11.0 Å². The van der Waals surface area contributed by atoms with E-state index in [0.29, 0.717) is 42.9 Å². The van der Waals surface area contributed by atoms with Crippen molar-refractivity contribution in [2.75, 3.05) is 26.9 Å². The van der Waals surface area contributed by atoms with Gasteiger partial charge in [-0.1, -0.05) is 0 Å². The molecule has 0 saturated carbocycles. The van der Waals surface area contributed by atoms with Gasteiger partial charge in [-0.3, -0.25) is 9.59 Å². The molecule has 0 saturated heterocycles. The number of rotatable bonds is 7. The van der Waals surface area contributed by atoms with E-state index in [1.807, 2.05) is 6.92 Å². The fraction of sp³-hybridized carbons (Fsp3) is 0.375. The highest BCUT2D eigenvalue weighted by molar-refractivity contribution is 5.93. The second-order valence-corrected chi connectivity index (χ2v) is 4.64. The van der Waals surface area contributed by atoms with Crippen LogP contribution in [0.15, 0.2) is 33.5 Å². The molecule has 1 aromatic heterocycles. The van der Waals surface area contributed by atoms with Gasteiger partial charge in [-0.2, -0.15) is 0 Å². The minimum Gasteiger partial charge on any atom is -0.497 e. The summed E-state index contributed by atoms with van der Waals surface area (Å²) in [5.74, 6) is 0.130. The van der Waals surface area contributed by atoms with Crippen molar-refractivity contribution in [3.05, 3.63) is 40.2 Å². The first kappa shape index (κ1) is 16.0. The highest BCUT2D eigenvalue weighted by Crippen LogP contribution is 2.19. The van der Waals surface area contributed by atoms with Crippen LogP contribution < -0.4 is 15.5 Å². The fourth-order valence-corrected chi connectivity index (χ4v) is 1.98. The van der Waals surface area contributed by atoms with Gasteiger partial charge in [-0.25, -0.2) is 0 Å². The van der Waals surface area contributed by atoms with Gasteiger partial charge in [0.05, 0.1) is 12.5 Å². The van der Waals surface area contributed by atoms with Crippen molar-refractivity contribution in [3.8, 4) is 5.75 Å². The summed E-state index contributed by atoms with van der Waals surface area (Å²) in [5.41, 5.74) is 0.0645. The maximum atomic E-state index is 12.0. The molecule has 1 amide bonds. The van der Waals surface area contributed by atoms with Crippen molar-refractivity contribution in [2.24, 2.45) is 0 Å². The average Bonchev–Trinajstić information content (AvgIpc) is 2.53. The first-order valence-electron chi connectivity index (χ1n) is 7.13. The Bertz CT molecular complexity index is 707. The lowest BCUT2D eigenvalue weighted by atomic mass is 10.2. The molecule has 6 heteroatoms. The lowest BCUT2D eigenvalue weighted by molar-refractivity contribution is 0.0917. The summed E-state index contributed by atoms with van der Waals surface area (Å²) >= 11 is 0. The maximum absolute atomic E-state index is 12.0. The second-order valence-electron chi connectivity index (χ2n) is 4.64. The number of carbonyl (C=O) groups is 1. The van der Waals surface area contributed by atoms with Gasteiger partial charge in [0.25, 0.3) is 5.91 Å². The SMILES string of the molecule is CCOCCCNC(=O)c1cc(=O)c2ccc(OC)cc2o1. The van der Waals surface area contributed by atoms with Gasteiger partial charge in [0.15, 0.2) is 11.2 Å². The van der Waals surface area contributed by atoms with Crippen molar-refractivity contribution < 1.29 is 18.7 Å². The summed E-state index contributed by atoms with van der Waals surface area (Å²) in [5, 5.41) is 3.11. The molecule has 0 fully saturated rings. The summed E-state index contributed by atoms with van der Waals surface area (Å²) in [6.07, 6.45) is 0.700. The van der Waals surface area contributed by atoms with Crippen molar-refractivity contribution in [1.29, 1.82) is 0 Å². The minimum absolute atomic E-state index is 0.0119. The molecule has 1 N–H and O–H groups in total. The Morgan fingerprint density at radius 2 is 2.14 bits per heavy atom. The molecule has 22 heavy (non-hydrogen) atoms. The quantitative estimate of drug-likeness (QED) is 0.791. The molecule has 0 aliphatic rings. The molecule has 0 spiro atoms. The Balaban J connectivity index is 2.13. The zero-order valence-corrected chi connectivity index (χ0v) is 12.7. The molecule has 0 atom stereocenters. The van der Waals surface area contributed by atoms with Crippen LogP contribution in [0, 0.1) is 0 Å². The van der Waals surface area contributed by atoms with Gasteiger partial charge in [0.2, 0.25) is 0 Å². The van der Waals surface area contributed by atoms with Crippen molar-refractivity contribution >= 4 is 16.9 Å². The van der Waals surface area contributed by atoms with Crippen LogP contribution >= 0.6 is 0 Å². The molecule has 1 heterocycles. The maximum Gasteiger partial charge on any atom is 0.287 e. The second kappa shape index (κ2) is 7.61. The van der Waals surface area contributed by atoms with Crippen LogP contribution in [-0.2, 0) is 4.74 Å². The zero-order chi connectivity index (χ0) is 15.9. The number of benzene rings is 1. The van der Waals surface area contributed by atoms with Gasteiger partial charge >= 0.3 is 0 Å². The van der Waals surface area contributed by atoms with Crippen LogP contribution in [0.3, 0.4) is 0 Å². The third-order valence-electron chi connectivity index (χ3n) is 3.12. The number of hydrogen-bond donors (Lipinski definition) is 1. The first-order valence-corrected chi connectivity index (χ1v) is 7.13. The number of fused-ring (bicyclic) bond motifs is 1. The third-order valence-corrected chi connectivity index (χ3v) is 3.12.